The van der Waals surface area contributed by atoms with Crippen molar-refractivity contribution in [2.24, 2.45) is 0 Å². The average molecular weight is 375 g/mol. The second kappa shape index (κ2) is 10.2. The highest BCUT2D eigenvalue weighted by Crippen LogP contribution is 2.17. The lowest BCUT2D eigenvalue weighted by molar-refractivity contribution is -0.121. The van der Waals surface area contributed by atoms with Crippen LogP contribution < -0.4 is 10.1 Å². The average Bonchev–Trinajstić information content (AvgIpc) is 2.76. The molecule has 3 rings (SSSR count). The maximum absolute atomic E-state index is 12.2. The first-order valence-corrected chi connectivity index (χ1v) is 9.58. The third-order valence-electron chi connectivity index (χ3n) is 4.33. The standard InChI is InChI=1S/C23H25N3O2/c1-2-15-28-21-6-3-18(4-7-21)5-8-23(27)26-17-19-9-14-25-22(16-19)20-10-12-24-13-11-20/h3-4,6-7,9-14,16H,2,5,8,15,17H2,1H3,(H,26,27). The highest BCUT2D eigenvalue weighted by atomic mass is 16.5. The number of nitrogens with one attached hydrogen (secondary N) is 1. The van der Waals surface area contributed by atoms with E-state index >= 15 is 0 Å². The van der Waals surface area contributed by atoms with E-state index in [4.69, 9.17) is 4.74 Å². The second-order valence-electron chi connectivity index (χ2n) is 6.55. The van der Waals surface area contributed by atoms with E-state index in [0.717, 1.165) is 41.2 Å². The number of amides is 1. The molecular formula is C23H25N3O2. The van der Waals surface area contributed by atoms with Gasteiger partial charge in [-0.05, 0) is 60.4 Å². The van der Waals surface area contributed by atoms with Gasteiger partial charge in [-0.25, -0.2) is 0 Å². The monoisotopic (exact) mass is 375 g/mol. The normalized spacial score (nSPS) is 10.5. The number of carbonyl (C=O) groups is 1. The Bertz CT molecular complexity index is 880. The lowest BCUT2D eigenvalue weighted by Crippen LogP contribution is -2.23. The number of hydrogen-bond acceptors (Lipinski definition) is 4. The Kier molecular flexibility index (Phi) is 7.13. The van der Waals surface area contributed by atoms with E-state index in [0.29, 0.717) is 19.4 Å². The molecule has 0 aliphatic rings. The summed E-state index contributed by atoms with van der Waals surface area (Å²) in [6, 6.07) is 15.7. The van der Waals surface area contributed by atoms with Crippen LogP contribution in [-0.4, -0.2) is 22.5 Å². The van der Waals surface area contributed by atoms with Crippen LogP contribution in [0.5, 0.6) is 5.75 Å². The van der Waals surface area contributed by atoms with Gasteiger partial charge in [0.1, 0.15) is 5.75 Å². The molecule has 5 nitrogen and oxygen atoms in total. The van der Waals surface area contributed by atoms with Crippen LogP contribution in [0.3, 0.4) is 0 Å². The molecule has 5 heteroatoms. The minimum absolute atomic E-state index is 0.0357. The number of hydrogen-bond donors (Lipinski definition) is 1. The molecule has 1 aromatic carbocycles. The fourth-order valence-electron chi connectivity index (χ4n) is 2.78. The van der Waals surface area contributed by atoms with Crippen LogP contribution in [0.1, 0.15) is 30.9 Å². The number of pyridine rings is 2. The van der Waals surface area contributed by atoms with Crippen LogP contribution in [0.15, 0.2) is 67.1 Å². The Morgan fingerprint density at radius 1 is 1.00 bits per heavy atom. The number of ether oxygens (including phenoxy) is 1. The Morgan fingerprint density at radius 3 is 2.54 bits per heavy atom. The molecular weight excluding hydrogens is 350 g/mol. The summed E-state index contributed by atoms with van der Waals surface area (Å²) < 4.78 is 5.58. The predicted molar refractivity (Wildman–Crippen MR) is 110 cm³/mol. The van der Waals surface area contributed by atoms with Crippen molar-refractivity contribution in [2.45, 2.75) is 32.7 Å². The minimum atomic E-state index is 0.0357. The van der Waals surface area contributed by atoms with E-state index in [9.17, 15) is 4.79 Å². The predicted octanol–water partition coefficient (Wildman–Crippen LogP) is 4.18. The van der Waals surface area contributed by atoms with Crippen LogP contribution in [0.4, 0.5) is 0 Å². The Labute approximate surface area is 165 Å². The number of nitrogens with zero attached hydrogens (tertiary/aromatic N) is 2. The van der Waals surface area contributed by atoms with Gasteiger partial charge in [0.2, 0.25) is 5.91 Å². The topological polar surface area (TPSA) is 64.1 Å². The molecule has 2 heterocycles. The molecule has 0 bridgehead atoms. The Hall–Kier alpha value is -3.21. The van der Waals surface area contributed by atoms with Gasteiger partial charge >= 0.3 is 0 Å². The molecule has 0 saturated heterocycles. The van der Waals surface area contributed by atoms with E-state index in [-0.39, 0.29) is 5.91 Å². The van der Waals surface area contributed by atoms with Crippen molar-refractivity contribution in [3.63, 3.8) is 0 Å². The Morgan fingerprint density at radius 2 is 1.79 bits per heavy atom. The van der Waals surface area contributed by atoms with Crippen LogP contribution in [-0.2, 0) is 17.8 Å². The first-order valence-electron chi connectivity index (χ1n) is 9.58. The summed E-state index contributed by atoms with van der Waals surface area (Å²) >= 11 is 0. The van der Waals surface area contributed by atoms with E-state index < -0.39 is 0 Å². The second-order valence-corrected chi connectivity index (χ2v) is 6.55. The van der Waals surface area contributed by atoms with Crippen molar-refractivity contribution < 1.29 is 9.53 Å². The summed E-state index contributed by atoms with van der Waals surface area (Å²) in [6.45, 7) is 3.29. The zero-order chi connectivity index (χ0) is 19.6. The zero-order valence-corrected chi connectivity index (χ0v) is 16.1. The molecule has 0 spiro atoms. The van der Waals surface area contributed by atoms with Crippen LogP contribution in [0.25, 0.3) is 11.3 Å². The van der Waals surface area contributed by atoms with E-state index in [1.54, 1.807) is 18.6 Å². The fourth-order valence-corrected chi connectivity index (χ4v) is 2.78. The van der Waals surface area contributed by atoms with Crippen molar-refractivity contribution in [1.29, 1.82) is 0 Å². The van der Waals surface area contributed by atoms with Gasteiger partial charge in [0, 0.05) is 37.1 Å². The summed E-state index contributed by atoms with van der Waals surface area (Å²) in [5.74, 6) is 0.909. The van der Waals surface area contributed by atoms with Crippen LogP contribution in [0, 0.1) is 0 Å². The van der Waals surface area contributed by atoms with Gasteiger partial charge in [-0.3, -0.25) is 14.8 Å². The third-order valence-corrected chi connectivity index (χ3v) is 4.33. The number of aromatic nitrogens is 2. The summed E-state index contributed by atoms with van der Waals surface area (Å²) in [5.41, 5.74) is 4.03. The summed E-state index contributed by atoms with van der Waals surface area (Å²) in [6.07, 6.45) is 7.40. The van der Waals surface area contributed by atoms with Crippen LogP contribution in [0.2, 0.25) is 0 Å². The maximum atomic E-state index is 12.2. The van der Waals surface area contributed by atoms with Gasteiger partial charge in [-0.2, -0.15) is 0 Å². The summed E-state index contributed by atoms with van der Waals surface area (Å²) in [4.78, 5) is 20.6. The minimum Gasteiger partial charge on any atom is -0.494 e. The van der Waals surface area contributed by atoms with Crippen molar-refractivity contribution >= 4 is 5.91 Å². The molecule has 28 heavy (non-hydrogen) atoms. The molecule has 1 N–H and O–H groups in total. The molecule has 0 saturated carbocycles. The molecule has 0 radical (unpaired) electrons. The van der Waals surface area contributed by atoms with Crippen molar-refractivity contribution in [1.82, 2.24) is 15.3 Å². The fraction of sp³-hybridized carbons (Fsp3) is 0.261. The molecule has 1 amide bonds. The zero-order valence-electron chi connectivity index (χ0n) is 16.1. The van der Waals surface area contributed by atoms with Gasteiger partial charge in [0.15, 0.2) is 0 Å². The molecule has 0 unspecified atom stereocenters. The molecule has 0 fully saturated rings. The molecule has 3 aromatic rings. The third kappa shape index (κ3) is 5.91. The lowest BCUT2D eigenvalue weighted by atomic mass is 10.1. The van der Waals surface area contributed by atoms with E-state index in [1.165, 1.54) is 0 Å². The number of carbonyl (C=O) groups excluding carboxylic acids is 1. The van der Waals surface area contributed by atoms with Gasteiger partial charge in [-0.1, -0.05) is 19.1 Å². The quantitative estimate of drug-likeness (QED) is 0.609. The van der Waals surface area contributed by atoms with Gasteiger partial charge < -0.3 is 10.1 Å². The Balaban J connectivity index is 1.47. The first-order chi connectivity index (χ1) is 13.7. The van der Waals surface area contributed by atoms with Gasteiger partial charge in [0.05, 0.1) is 12.3 Å². The molecule has 2 aromatic heterocycles. The highest BCUT2D eigenvalue weighted by molar-refractivity contribution is 5.76. The van der Waals surface area contributed by atoms with E-state index in [2.05, 4.69) is 22.2 Å². The van der Waals surface area contributed by atoms with Crippen molar-refractivity contribution in [2.75, 3.05) is 6.61 Å². The first kappa shape index (κ1) is 19.5. The molecule has 0 aliphatic heterocycles. The van der Waals surface area contributed by atoms with Gasteiger partial charge in [0.25, 0.3) is 0 Å². The molecule has 0 aliphatic carbocycles. The number of benzene rings is 1. The number of aryl methyl sites for hydroxylation is 1. The highest BCUT2D eigenvalue weighted by Gasteiger charge is 2.05. The smallest absolute Gasteiger partial charge is 0.220 e. The molecule has 144 valence electrons. The summed E-state index contributed by atoms with van der Waals surface area (Å²) in [7, 11) is 0. The SMILES string of the molecule is CCCOc1ccc(CCC(=O)NCc2ccnc(-c3ccncc3)c2)cc1. The van der Waals surface area contributed by atoms with Crippen molar-refractivity contribution in [3.05, 3.63) is 78.2 Å². The number of rotatable bonds is 9. The lowest BCUT2D eigenvalue weighted by Gasteiger charge is -2.08. The van der Waals surface area contributed by atoms with Gasteiger partial charge in [-0.15, -0.1) is 0 Å². The van der Waals surface area contributed by atoms with E-state index in [1.807, 2.05) is 48.5 Å². The summed E-state index contributed by atoms with van der Waals surface area (Å²) in [5, 5.41) is 2.98. The maximum Gasteiger partial charge on any atom is 0.220 e. The van der Waals surface area contributed by atoms with Crippen LogP contribution >= 0.6 is 0 Å². The largest absolute Gasteiger partial charge is 0.494 e. The molecule has 0 atom stereocenters. The van der Waals surface area contributed by atoms with Crippen molar-refractivity contribution in [3.8, 4) is 17.0 Å².